The average molecular weight is 217 g/mol. The second-order valence-electron chi connectivity index (χ2n) is 4.09. The summed E-state index contributed by atoms with van der Waals surface area (Å²) in [6, 6.07) is 10.1. The number of benzene rings is 1. The Labute approximate surface area is 97.5 Å². The molecule has 3 nitrogen and oxygen atoms in total. The number of nitrogens with two attached hydrogens (primary N) is 1. The van der Waals surface area contributed by atoms with Gasteiger partial charge < -0.3 is 10.6 Å². The molecule has 1 rings (SSSR count). The molecule has 1 aromatic carbocycles. The first-order valence-corrected chi connectivity index (χ1v) is 5.62. The fourth-order valence-corrected chi connectivity index (χ4v) is 1.60. The van der Waals surface area contributed by atoms with Gasteiger partial charge in [-0.3, -0.25) is 0 Å². The van der Waals surface area contributed by atoms with Crippen molar-refractivity contribution in [3.63, 3.8) is 0 Å². The van der Waals surface area contributed by atoms with Crippen molar-refractivity contribution in [2.45, 2.75) is 25.8 Å². The zero-order valence-corrected chi connectivity index (χ0v) is 9.82. The van der Waals surface area contributed by atoms with Crippen molar-refractivity contribution in [2.24, 2.45) is 0 Å². The van der Waals surface area contributed by atoms with Crippen LogP contribution in [0.3, 0.4) is 0 Å². The first-order valence-electron chi connectivity index (χ1n) is 5.62. The van der Waals surface area contributed by atoms with E-state index < -0.39 is 0 Å². The molecule has 3 heteroatoms. The highest BCUT2D eigenvalue weighted by Gasteiger charge is 1.99. The SMILES string of the molecule is CN(CCCCC#N)Cc1ccc(N)cc1. The van der Waals surface area contributed by atoms with Gasteiger partial charge in [0.1, 0.15) is 0 Å². The summed E-state index contributed by atoms with van der Waals surface area (Å²) >= 11 is 0. The van der Waals surface area contributed by atoms with Crippen LogP contribution in [-0.4, -0.2) is 18.5 Å². The molecule has 0 atom stereocenters. The van der Waals surface area contributed by atoms with Gasteiger partial charge in [-0.2, -0.15) is 5.26 Å². The predicted molar refractivity (Wildman–Crippen MR) is 66.7 cm³/mol. The molecule has 0 aliphatic heterocycles. The number of nitrogens with zero attached hydrogens (tertiary/aromatic N) is 2. The molecule has 86 valence electrons. The largest absolute Gasteiger partial charge is 0.399 e. The van der Waals surface area contributed by atoms with Crippen molar-refractivity contribution in [3.8, 4) is 6.07 Å². The summed E-state index contributed by atoms with van der Waals surface area (Å²) in [4.78, 5) is 2.27. The Kier molecular flexibility index (Phi) is 5.38. The Morgan fingerprint density at radius 3 is 2.56 bits per heavy atom. The van der Waals surface area contributed by atoms with Crippen molar-refractivity contribution >= 4 is 5.69 Å². The molecule has 0 fully saturated rings. The zero-order valence-electron chi connectivity index (χ0n) is 9.82. The van der Waals surface area contributed by atoms with Crippen molar-refractivity contribution in [2.75, 3.05) is 19.3 Å². The summed E-state index contributed by atoms with van der Waals surface area (Å²) in [7, 11) is 2.10. The van der Waals surface area contributed by atoms with Crippen LogP contribution in [0.5, 0.6) is 0 Å². The van der Waals surface area contributed by atoms with E-state index in [4.69, 9.17) is 11.0 Å². The minimum Gasteiger partial charge on any atom is -0.399 e. The second kappa shape index (κ2) is 6.86. The quantitative estimate of drug-likeness (QED) is 0.588. The predicted octanol–water partition coefficient (Wildman–Crippen LogP) is 2.39. The van der Waals surface area contributed by atoms with Crippen molar-refractivity contribution in [1.82, 2.24) is 4.90 Å². The third-order valence-corrected chi connectivity index (χ3v) is 2.51. The van der Waals surface area contributed by atoms with Crippen LogP contribution in [0, 0.1) is 11.3 Å². The van der Waals surface area contributed by atoms with Crippen LogP contribution >= 0.6 is 0 Å². The number of unbranched alkanes of at least 4 members (excludes halogenated alkanes) is 2. The van der Waals surface area contributed by atoms with E-state index in [1.165, 1.54) is 5.56 Å². The number of hydrogen-bond acceptors (Lipinski definition) is 3. The molecule has 0 unspecified atom stereocenters. The van der Waals surface area contributed by atoms with Crippen LogP contribution < -0.4 is 5.73 Å². The molecule has 0 spiro atoms. The lowest BCUT2D eigenvalue weighted by Gasteiger charge is -2.16. The third-order valence-electron chi connectivity index (χ3n) is 2.51. The van der Waals surface area contributed by atoms with E-state index in [-0.39, 0.29) is 0 Å². The Morgan fingerprint density at radius 1 is 1.25 bits per heavy atom. The smallest absolute Gasteiger partial charge is 0.0621 e. The summed E-state index contributed by atoms with van der Waals surface area (Å²) < 4.78 is 0. The number of nitrogen functional groups attached to an aromatic ring is 1. The fraction of sp³-hybridized carbons (Fsp3) is 0.462. The Hall–Kier alpha value is -1.53. The maximum Gasteiger partial charge on any atom is 0.0621 e. The van der Waals surface area contributed by atoms with Crippen molar-refractivity contribution in [3.05, 3.63) is 29.8 Å². The molecule has 0 saturated heterocycles. The van der Waals surface area contributed by atoms with Gasteiger partial charge in [-0.15, -0.1) is 0 Å². The maximum atomic E-state index is 8.42. The monoisotopic (exact) mass is 217 g/mol. The molecule has 0 aromatic heterocycles. The highest BCUT2D eigenvalue weighted by Crippen LogP contribution is 2.08. The maximum absolute atomic E-state index is 8.42. The van der Waals surface area contributed by atoms with Gasteiger partial charge in [0.25, 0.3) is 0 Å². The first kappa shape index (κ1) is 12.5. The molecule has 16 heavy (non-hydrogen) atoms. The molecule has 2 N–H and O–H groups in total. The number of anilines is 1. The topological polar surface area (TPSA) is 53.0 Å². The molecular weight excluding hydrogens is 198 g/mol. The zero-order chi connectivity index (χ0) is 11.8. The standard InChI is InChI=1S/C13H19N3/c1-16(10-4-2-3-9-14)11-12-5-7-13(15)8-6-12/h5-8H,2-4,10-11,15H2,1H3. The van der Waals surface area contributed by atoms with Crippen LogP contribution in [0.2, 0.25) is 0 Å². The lowest BCUT2D eigenvalue weighted by molar-refractivity contribution is 0.319. The molecular formula is C13H19N3. The first-order chi connectivity index (χ1) is 7.72. The summed E-state index contributed by atoms with van der Waals surface area (Å²) in [5.41, 5.74) is 7.71. The van der Waals surface area contributed by atoms with Gasteiger partial charge in [0, 0.05) is 18.7 Å². The molecule has 1 aromatic rings. The van der Waals surface area contributed by atoms with E-state index in [2.05, 4.69) is 30.1 Å². The van der Waals surface area contributed by atoms with Gasteiger partial charge in [-0.05, 0) is 44.1 Å². The van der Waals surface area contributed by atoms with Crippen LogP contribution in [0.25, 0.3) is 0 Å². The highest BCUT2D eigenvalue weighted by atomic mass is 15.1. The summed E-state index contributed by atoms with van der Waals surface area (Å²) in [5.74, 6) is 0. The lowest BCUT2D eigenvalue weighted by Crippen LogP contribution is -2.18. The van der Waals surface area contributed by atoms with E-state index in [0.717, 1.165) is 31.6 Å². The minimum atomic E-state index is 0.662. The molecule has 0 saturated carbocycles. The normalized spacial score (nSPS) is 10.3. The van der Waals surface area contributed by atoms with Gasteiger partial charge in [-0.25, -0.2) is 0 Å². The van der Waals surface area contributed by atoms with Gasteiger partial charge in [0.15, 0.2) is 0 Å². The summed E-state index contributed by atoms with van der Waals surface area (Å²) in [6.07, 6.45) is 2.73. The average Bonchev–Trinajstić information content (AvgIpc) is 2.28. The molecule has 0 aliphatic carbocycles. The summed E-state index contributed by atoms with van der Waals surface area (Å²) in [5, 5.41) is 8.42. The third kappa shape index (κ3) is 4.81. The van der Waals surface area contributed by atoms with E-state index >= 15 is 0 Å². The highest BCUT2D eigenvalue weighted by molar-refractivity contribution is 5.39. The fourth-order valence-electron chi connectivity index (χ4n) is 1.60. The Morgan fingerprint density at radius 2 is 1.94 bits per heavy atom. The van der Waals surface area contributed by atoms with Crippen LogP contribution in [-0.2, 0) is 6.54 Å². The minimum absolute atomic E-state index is 0.662. The number of rotatable bonds is 6. The van der Waals surface area contributed by atoms with Crippen LogP contribution in [0.4, 0.5) is 5.69 Å². The van der Waals surface area contributed by atoms with Crippen molar-refractivity contribution in [1.29, 1.82) is 5.26 Å². The van der Waals surface area contributed by atoms with Gasteiger partial charge in [0.2, 0.25) is 0 Å². The van der Waals surface area contributed by atoms with Crippen molar-refractivity contribution < 1.29 is 0 Å². The lowest BCUT2D eigenvalue weighted by atomic mass is 10.2. The molecule has 0 aliphatic rings. The molecule has 0 heterocycles. The second-order valence-corrected chi connectivity index (χ2v) is 4.09. The van der Waals surface area contributed by atoms with E-state index in [1.807, 2.05) is 12.1 Å². The van der Waals surface area contributed by atoms with E-state index in [1.54, 1.807) is 0 Å². The summed E-state index contributed by atoms with van der Waals surface area (Å²) in [6.45, 7) is 1.97. The molecule has 0 amide bonds. The van der Waals surface area contributed by atoms with E-state index in [9.17, 15) is 0 Å². The van der Waals surface area contributed by atoms with Crippen LogP contribution in [0.15, 0.2) is 24.3 Å². The van der Waals surface area contributed by atoms with Gasteiger partial charge >= 0.3 is 0 Å². The Bertz CT molecular complexity index is 337. The molecule has 0 bridgehead atoms. The van der Waals surface area contributed by atoms with E-state index in [0.29, 0.717) is 6.42 Å². The van der Waals surface area contributed by atoms with Crippen LogP contribution in [0.1, 0.15) is 24.8 Å². The number of hydrogen-bond donors (Lipinski definition) is 1. The number of nitriles is 1. The van der Waals surface area contributed by atoms with Gasteiger partial charge in [-0.1, -0.05) is 12.1 Å². The van der Waals surface area contributed by atoms with Gasteiger partial charge in [0.05, 0.1) is 6.07 Å². The molecule has 0 radical (unpaired) electrons. The Balaban J connectivity index is 2.26.